The maximum absolute atomic E-state index is 6.05. The number of hydrogen-bond acceptors (Lipinski definition) is 3. The molecule has 27 heavy (non-hydrogen) atoms. The molecule has 2 rings (SSSR count). The third-order valence-electron chi connectivity index (χ3n) is 3.56. The van der Waals surface area contributed by atoms with E-state index < -0.39 is 0 Å². The summed E-state index contributed by atoms with van der Waals surface area (Å²) in [7, 11) is 0. The number of hydrogen-bond donors (Lipinski definition) is 2. The molecule has 0 unspecified atom stereocenters. The van der Waals surface area contributed by atoms with Crippen LogP contribution in [0.4, 0.5) is 0 Å². The van der Waals surface area contributed by atoms with Crippen molar-refractivity contribution in [1.29, 1.82) is 0 Å². The van der Waals surface area contributed by atoms with Gasteiger partial charge in [-0.2, -0.15) is 5.10 Å². The van der Waals surface area contributed by atoms with Crippen molar-refractivity contribution in [2.45, 2.75) is 52.8 Å². The van der Waals surface area contributed by atoms with Gasteiger partial charge in [0.05, 0.1) is 6.54 Å². The Labute approximate surface area is 179 Å². The molecule has 7 heteroatoms. The molecular formula is C20H32IN5O. The van der Waals surface area contributed by atoms with Gasteiger partial charge in [0, 0.05) is 37.6 Å². The number of rotatable bonds is 8. The molecule has 0 aliphatic carbocycles. The van der Waals surface area contributed by atoms with Gasteiger partial charge in [-0.15, -0.1) is 24.0 Å². The molecule has 1 aromatic heterocycles. The highest BCUT2D eigenvalue weighted by molar-refractivity contribution is 14.0. The van der Waals surface area contributed by atoms with Crippen LogP contribution in [0.5, 0.6) is 5.75 Å². The Kier molecular flexibility index (Phi) is 10.2. The van der Waals surface area contributed by atoms with E-state index in [1.807, 2.05) is 35.1 Å². The van der Waals surface area contributed by atoms with Crippen molar-refractivity contribution >= 4 is 29.9 Å². The lowest BCUT2D eigenvalue weighted by atomic mass is 10.1. The molecule has 0 radical (unpaired) electrons. The highest BCUT2D eigenvalue weighted by Crippen LogP contribution is 2.23. The minimum atomic E-state index is -0.227. The molecule has 0 saturated carbocycles. The number of guanidine groups is 1. The summed E-state index contributed by atoms with van der Waals surface area (Å²) in [5.41, 5.74) is 0.853. The largest absolute Gasteiger partial charge is 0.488 e. The molecule has 0 amide bonds. The second-order valence-corrected chi connectivity index (χ2v) is 7.07. The fourth-order valence-electron chi connectivity index (χ4n) is 2.45. The zero-order chi connectivity index (χ0) is 18.8. The minimum absolute atomic E-state index is 0. The van der Waals surface area contributed by atoms with E-state index in [4.69, 9.17) is 9.73 Å². The van der Waals surface area contributed by atoms with E-state index in [0.717, 1.165) is 43.3 Å². The van der Waals surface area contributed by atoms with E-state index in [1.165, 1.54) is 0 Å². The van der Waals surface area contributed by atoms with Crippen molar-refractivity contribution in [1.82, 2.24) is 20.4 Å². The number of aromatic nitrogens is 2. The van der Waals surface area contributed by atoms with Gasteiger partial charge in [0.15, 0.2) is 5.96 Å². The number of benzene rings is 1. The topological polar surface area (TPSA) is 63.5 Å². The molecule has 150 valence electrons. The third-order valence-corrected chi connectivity index (χ3v) is 3.56. The van der Waals surface area contributed by atoms with E-state index >= 15 is 0 Å². The van der Waals surface area contributed by atoms with Gasteiger partial charge >= 0.3 is 0 Å². The lowest BCUT2D eigenvalue weighted by Gasteiger charge is -2.23. The van der Waals surface area contributed by atoms with Crippen LogP contribution in [0.1, 0.15) is 39.7 Å². The summed E-state index contributed by atoms with van der Waals surface area (Å²) in [5.74, 6) is 1.71. The normalized spacial score (nSPS) is 11.6. The summed E-state index contributed by atoms with van der Waals surface area (Å²) in [4.78, 5) is 4.70. The maximum Gasteiger partial charge on any atom is 0.191 e. The van der Waals surface area contributed by atoms with Gasteiger partial charge in [0.2, 0.25) is 0 Å². The standard InChI is InChI=1S/C20H31N5O.HI/c1-5-21-19(22-12-8-14-25-15-9-13-24-25)23-16-17-10-6-7-11-18(17)26-20(2,3)4;/h6-7,9-11,13,15H,5,8,12,14,16H2,1-4H3,(H2,21,22,23);1H. The smallest absolute Gasteiger partial charge is 0.191 e. The van der Waals surface area contributed by atoms with Gasteiger partial charge in [-0.3, -0.25) is 4.68 Å². The van der Waals surface area contributed by atoms with Crippen molar-refractivity contribution in [2.24, 2.45) is 4.99 Å². The predicted molar refractivity (Wildman–Crippen MR) is 122 cm³/mol. The molecular weight excluding hydrogens is 453 g/mol. The summed E-state index contributed by atoms with van der Waals surface area (Å²) in [6.45, 7) is 11.4. The highest BCUT2D eigenvalue weighted by Gasteiger charge is 2.14. The number of aliphatic imine (C=N–C) groups is 1. The second kappa shape index (κ2) is 11.8. The quantitative estimate of drug-likeness (QED) is 0.258. The molecule has 0 atom stereocenters. The van der Waals surface area contributed by atoms with E-state index in [9.17, 15) is 0 Å². The molecule has 0 aliphatic heterocycles. The Morgan fingerprint density at radius 1 is 1.19 bits per heavy atom. The van der Waals surface area contributed by atoms with Gasteiger partial charge in [-0.25, -0.2) is 4.99 Å². The first kappa shape index (κ1) is 23.3. The molecule has 0 aliphatic rings. The van der Waals surface area contributed by atoms with E-state index in [-0.39, 0.29) is 29.6 Å². The van der Waals surface area contributed by atoms with Crippen molar-refractivity contribution in [3.05, 3.63) is 48.3 Å². The minimum Gasteiger partial charge on any atom is -0.488 e. The Morgan fingerprint density at radius 2 is 1.96 bits per heavy atom. The Hall–Kier alpha value is -1.77. The van der Waals surface area contributed by atoms with Crippen molar-refractivity contribution < 1.29 is 4.74 Å². The molecule has 1 heterocycles. The van der Waals surface area contributed by atoms with E-state index in [0.29, 0.717) is 6.54 Å². The molecule has 6 nitrogen and oxygen atoms in total. The van der Waals surface area contributed by atoms with Crippen molar-refractivity contribution in [2.75, 3.05) is 13.1 Å². The molecule has 1 aromatic carbocycles. The van der Waals surface area contributed by atoms with Gasteiger partial charge in [0.1, 0.15) is 11.4 Å². The summed E-state index contributed by atoms with van der Waals surface area (Å²) in [6.07, 6.45) is 4.76. The average Bonchev–Trinajstić information content (AvgIpc) is 3.09. The fraction of sp³-hybridized carbons (Fsp3) is 0.500. The van der Waals surface area contributed by atoms with E-state index in [2.05, 4.69) is 49.5 Å². The SMILES string of the molecule is CCNC(=NCc1ccccc1OC(C)(C)C)NCCCn1cccn1.I. The van der Waals surface area contributed by atoms with Gasteiger partial charge < -0.3 is 15.4 Å². The van der Waals surface area contributed by atoms with Crippen molar-refractivity contribution in [3.8, 4) is 5.75 Å². The zero-order valence-corrected chi connectivity index (χ0v) is 19.1. The van der Waals surface area contributed by atoms with Gasteiger partial charge in [0.25, 0.3) is 0 Å². The number of ether oxygens (including phenoxy) is 1. The first-order chi connectivity index (χ1) is 12.5. The van der Waals surface area contributed by atoms with Crippen LogP contribution in [0.2, 0.25) is 0 Å². The third kappa shape index (κ3) is 9.12. The second-order valence-electron chi connectivity index (χ2n) is 7.07. The lowest BCUT2D eigenvalue weighted by Crippen LogP contribution is -2.38. The zero-order valence-electron chi connectivity index (χ0n) is 16.7. The van der Waals surface area contributed by atoms with Crippen LogP contribution in [0.3, 0.4) is 0 Å². The van der Waals surface area contributed by atoms with Crippen LogP contribution in [-0.4, -0.2) is 34.4 Å². The number of aryl methyl sites for hydroxylation is 1. The summed E-state index contributed by atoms with van der Waals surface area (Å²) >= 11 is 0. The maximum atomic E-state index is 6.05. The highest BCUT2D eigenvalue weighted by atomic mass is 127. The fourth-order valence-corrected chi connectivity index (χ4v) is 2.45. The first-order valence-corrected chi connectivity index (χ1v) is 9.24. The number of halogens is 1. The van der Waals surface area contributed by atoms with Crippen LogP contribution in [-0.2, 0) is 13.1 Å². The molecule has 0 fully saturated rings. The summed E-state index contributed by atoms with van der Waals surface area (Å²) < 4.78 is 7.98. The van der Waals surface area contributed by atoms with Gasteiger partial charge in [-0.1, -0.05) is 18.2 Å². The van der Waals surface area contributed by atoms with Crippen LogP contribution in [0.25, 0.3) is 0 Å². The Balaban J connectivity index is 0.00000364. The number of para-hydroxylation sites is 1. The van der Waals surface area contributed by atoms with Crippen LogP contribution in [0, 0.1) is 0 Å². The van der Waals surface area contributed by atoms with E-state index in [1.54, 1.807) is 6.20 Å². The first-order valence-electron chi connectivity index (χ1n) is 9.24. The Morgan fingerprint density at radius 3 is 2.63 bits per heavy atom. The predicted octanol–water partition coefficient (Wildman–Crippen LogP) is 3.82. The molecule has 0 spiro atoms. The lowest BCUT2D eigenvalue weighted by molar-refractivity contribution is 0.129. The molecule has 0 saturated heterocycles. The Bertz CT molecular complexity index is 680. The number of nitrogens with one attached hydrogen (secondary N) is 2. The van der Waals surface area contributed by atoms with Crippen LogP contribution in [0.15, 0.2) is 47.7 Å². The molecule has 2 N–H and O–H groups in total. The summed E-state index contributed by atoms with van der Waals surface area (Å²) in [6, 6.07) is 10.0. The molecule has 2 aromatic rings. The number of nitrogens with zero attached hydrogens (tertiary/aromatic N) is 3. The summed E-state index contributed by atoms with van der Waals surface area (Å²) in [5, 5.41) is 10.9. The van der Waals surface area contributed by atoms with Crippen LogP contribution >= 0.6 is 24.0 Å². The molecule has 0 bridgehead atoms. The van der Waals surface area contributed by atoms with Crippen molar-refractivity contribution in [3.63, 3.8) is 0 Å². The van der Waals surface area contributed by atoms with Crippen LogP contribution < -0.4 is 15.4 Å². The average molecular weight is 485 g/mol. The van der Waals surface area contributed by atoms with Gasteiger partial charge in [-0.05, 0) is 46.2 Å². The monoisotopic (exact) mass is 485 g/mol.